The van der Waals surface area contributed by atoms with Gasteiger partial charge in [-0.2, -0.15) is 8.78 Å². The van der Waals surface area contributed by atoms with Crippen molar-refractivity contribution in [3.05, 3.63) is 23.8 Å². The molecule has 0 aliphatic heterocycles. The fourth-order valence-electron chi connectivity index (χ4n) is 2.17. The monoisotopic (exact) mass is 471 g/mol. The molecule has 0 saturated heterocycles. The molecule has 0 aliphatic carbocycles. The van der Waals surface area contributed by atoms with E-state index in [1.807, 2.05) is 0 Å². The summed E-state index contributed by atoms with van der Waals surface area (Å²) in [6.07, 6.45) is 4.52. The number of alkyl halides is 2. The van der Waals surface area contributed by atoms with E-state index in [9.17, 15) is 8.78 Å². The Kier molecular flexibility index (Phi) is 13.2. The lowest BCUT2D eigenvalue weighted by atomic mass is 10.2. The number of nitrogens with one attached hydrogen (secondary N) is 1. The van der Waals surface area contributed by atoms with Crippen LogP contribution < -0.4 is 20.5 Å². The highest BCUT2D eigenvalue weighted by atomic mass is 127. The molecule has 5 nitrogen and oxygen atoms in total. The summed E-state index contributed by atoms with van der Waals surface area (Å²) in [5.74, 6) is 0.571. The van der Waals surface area contributed by atoms with Crippen LogP contribution in [0.3, 0.4) is 0 Å². The minimum Gasteiger partial charge on any atom is -0.490 e. The average Bonchev–Trinajstić information content (AvgIpc) is 2.54. The van der Waals surface area contributed by atoms with Crippen LogP contribution in [0.15, 0.2) is 23.2 Å². The van der Waals surface area contributed by atoms with E-state index in [-0.39, 0.29) is 48.0 Å². The molecule has 144 valence electrons. The van der Waals surface area contributed by atoms with Crippen molar-refractivity contribution in [2.45, 2.75) is 52.7 Å². The number of para-hydroxylation sites is 1. The molecule has 0 unspecified atom stereocenters. The Morgan fingerprint density at radius 2 is 2.00 bits per heavy atom. The highest BCUT2D eigenvalue weighted by molar-refractivity contribution is 14.0. The molecule has 0 atom stereocenters. The van der Waals surface area contributed by atoms with Gasteiger partial charge in [-0.1, -0.05) is 38.3 Å². The van der Waals surface area contributed by atoms with Gasteiger partial charge in [0.25, 0.3) is 0 Å². The zero-order chi connectivity index (χ0) is 17.8. The lowest BCUT2D eigenvalue weighted by Gasteiger charge is -2.14. The number of halogens is 3. The molecule has 0 amide bonds. The van der Waals surface area contributed by atoms with Gasteiger partial charge in [-0.05, 0) is 19.4 Å². The van der Waals surface area contributed by atoms with Crippen molar-refractivity contribution in [3.8, 4) is 11.5 Å². The molecule has 25 heavy (non-hydrogen) atoms. The van der Waals surface area contributed by atoms with Crippen molar-refractivity contribution < 1.29 is 18.3 Å². The molecule has 1 aromatic carbocycles. The standard InChI is InChI=1S/C17H27F2N3O2.HI/c1-3-5-6-7-11-21-17(20)22-12-13-9-8-10-14(23-4-2)15(13)24-16(18)19;/h8-10,16H,3-7,11-12H2,1-2H3,(H3,20,21,22);1H. The third-order valence-corrected chi connectivity index (χ3v) is 3.32. The molecule has 8 heteroatoms. The predicted octanol–water partition coefficient (Wildman–Crippen LogP) is 4.29. The molecule has 0 radical (unpaired) electrons. The lowest BCUT2D eigenvalue weighted by Crippen LogP contribution is -2.32. The van der Waals surface area contributed by atoms with E-state index in [2.05, 4.69) is 22.0 Å². The van der Waals surface area contributed by atoms with E-state index in [1.54, 1.807) is 25.1 Å². The number of rotatable bonds is 11. The smallest absolute Gasteiger partial charge is 0.387 e. The van der Waals surface area contributed by atoms with Crippen molar-refractivity contribution in [3.63, 3.8) is 0 Å². The van der Waals surface area contributed by atoms with Gasteiger partial charge < -0.3 is 20.5 Å². The average molecular weight is 471 g/mol. The summed E-state index contributed by atoms with van der Waals surface area (Å²) in [6, 6.07) is 4.96. The van der Waals surface area contributed by atoms with Crippen molar-refractivity contribution in [2.75, 3.05) is 13.2 Å². The molecule has 1 aromatic rings. The molecule has 3 N–H and O–H groups in total. The fraction of sp³-hybridized carbons (Fsp3) is 0.588. The van der Waals surface area contributed by atoms with Gasteiger partial charge in [-0.25, -0.2) is 4.99 Å². The van der Waals surface area contributed by atoms with Gasteiger partial charge in [0.05, 0.1) is 13.2 Å². The maximum atomic E-state index is 12.6. The van der Waals surface area contributed by atoms with Crippen LogP contribution in [0.5, 0.6) is 11.5 Å². The van der Waals surface area contributed by atoms with Gasteiger partial charge in [0.1, 0.15) is 0 Å². The van der Waals surface area contributed by atoms with E-state index >= 15 is 0 Å². The second-order valence-electron chi connectivity index (χ2n) is 5.24. The van der Waals surface area contributed by atoms with Gasteiger partial charge in [-0.3, -0.25) is 0 Å². The maximum absolute atomic E-state index is 12.6. The second kappa shape index (κ2) is 13.9. The summed E-state index contributed by atoms with van der Waals surface area (Å²) in [5.41, 5.74) is 6.30. The van der Waals surface area contributed by atoms with Gasteiger partial charge >= 0.3 is 6.61 Å². The highest BCUT2D eigenvalue weighted by Gasteiger charge is 2.15. The van der Waals surface area contributed by atoms with Crippen LogP contribution in [0.25, 0.3) is 0 Å². The summed E-state index contributed by atoms with van der Waals surface area (Å²) in [4.78, 5) is 4.18. The number of guanidine groups is 1. The Morgan fingerprint density at radius 3 is 2.64 bits per heavy atom. The van der Waals surface area contributed by atoms with Crippen LogP contribution in [-0.2, 0) is 6.54 Å². The van der Waals surface area contributed by atoms with Crippen molar-refractivity contribution in [2.24, 2.45) is 10.7 Å². The summed E-state index contributed by atoms with van der Waals surface area (Å²) < 4.78 is 35.2. The van der Waals surface area contributed by atoms with Crippen molar-refractivity contribution >= 4 is 29.9 Å². The summed E-state index contributed by atoms with van der Waals surface area (Å²) in [6.45, 7) is 2.23. The lowest BCUT2D eigenvalue weighted by molar-refractivity contribution is -0.0520. The largest absolute Gasteiger partial charge is 0.490 e. The fourth-order valence-corrected chi connectivity index (χ4v) is 2.17. The van der Waals surface area contributed by atoms with Gasteiger partial charge in [-0.15, -0.1) is 24.0 Å². The van der Waals surface area contributed by atoms with Crippen molar-refractivity contribution in [1.82, 2.24) is 5.32 Å². The van der Waals surface area contributed by atoms with E-state index in [0.29, 0.717) is 12.2 Å². The first-order chi connectivity index (χ1) is 11.6. The Balaban J connectivity index is 0.00000576. The predicted molar refractivity (Wildman–Crippen MR) is 107 cm³/mol. The number of aliphatic imine (C=N–C) groups is 1. The zero-order valence-corrected chi connectivity index (χ0v) is 17.1. The van der Waals surface area contributed by atoms with Gasteiger partial charge in [0, 0.05) is 12.1 Å². The Bertz CT molecular complexity index is 517. The van der Waals surface area contributed by atoms with Gasteiger partial charge in [0.15, 0.2) is 17.5 Å². The van der Waals surface area contributed by atoms with Crippen LogP contribution in [0, 0.1) is 0 Å². The molecule has 0 aromatic heterocycles. The first-order valence-corrected chi connectivity index (χ1v) is 8.31. The maximum Gasteiger partial charge on any atom is 0.387 e. The number of nitrogens with two attached hydrogens (primary N) is 1. The molecule has 0 heterocycles. The number of nitrogens with zero attached hydrogens (tertiary/aromatic N) is 1. The zero-order valence-electron chi connectivity index (χ0n) is 14.8. The first kappa shape index (κ1) is 23.7. The minimum atomic E-state index is -2.93. The Morgan fingerprint density at radius 1 is 1.24 bits per heavy atom. The van der Waals surface area contributed by atoms with Crippen LogP contribution in [0.1, 0.15) is 45.1 Å². The Labute approximate surface area is 165 Å². The molecule has 1 rings (SSSR count). The normalized spacial score (nSPS) is 11.2. The van der Waals surface area contributed by atoms with Crippen LogP contribution >= 0.6 is 24.0 Å². The number of hydrogen-bond donors (Lipinski definition) is 2. The number of hydrogen-bond acceptors (Lipinski definition) is 3. The molecule has 0 bridgehead atoms. The number of unbranched alkanes of at least 4 members (excludes halogenated alkanes) is 3. The topological polar surface area (TPSA) is 68.9 Å². The highest BCUT2D eigenvalue weighted by Crippen LogP contribution is 2.33. The van der Waals surface area contributed by atoms with E-state index < -0.39 is 6.61 Å². The van der Waals surface area contributed by atoms with Gasteiger partial charge in [0.2, 0.25) is 0 Å². The minimum absolute atomic E-state index is 0. The SMILES string of the molecule is CCCCCCNC(N)=NCc1cccc(OCC)c1OC(F)F.I. The molecular weight excluding hydrogens is 443 g/mol. The van der Waals surface area contributed by atoms with Crippen LogP contribution in [0.4, 0.5) is 8.78 Å². The first-order valence-electron chi connectivity index (χ1n) is 8.31. The summed E-state index contributed by atoms with van der Waals surface area (Å²) in [5, 5.41) is 3.02. The summed E-state index contributed by atoms with van der Waals surface area (Å²) >= 11 is 0. The number of benzene rings is 1. The van der Waals surface area contributed by atoms with Crippen molar-refractivity contribution in [1.29, 1.82) is 0 Å². The van der Waals surface area contributed by atoms with E-state index in [0.717, 1.165) is 19.4 Å². The van der Waals surface area contributed by atoms with E-state index in [4.69, 9.17) is 10.5 Å². The van der Waals surface area contributed by atoms with Crippen LogP contribution in [-0.4, -0.2) is 25.7 Å². The quantitative estimate of drug-likeness (QED) is 0.219. The van der Waals surface area contributed by atoms with E-state index in [1.165, 1.54) is 12.8 Å². The second-order valence-corrected chi connectivity index (χ2v) is 5.24. The molecular formula is C17H28F2IN3O2. The molecule has 0 fully saturated rings. The molecule has 0 saturated carbocycles. The molecule has 0 spiro atoms. The van der Waals surface area contributed by atoms with Crippen LogP contribution in [0.2, 0.25) is 0 Å². The summed E-state index contributed by atoms with van der Waals surface area (Å²) in [7, 11) is 0. The third-order valence-electron chi connectivity index (χ3n) is 3.32. The molecule has 0 aliphatic rings. The Hall–Kier alpha value is -1.32. The number of ether oxygens (including phenoxy) is 2. The third kappa shape index (κ3) is 9.66.